The van der Waals surface area contributed by atoms with Crippen molar-refractivity contribution in [2.24, 2.45) is 0 Å². The number of hydrogen-bond donors (Lipinski definition) is 1. The minimum absolute atomic E-state index is 0.288. The van der Waals surface area contributed by atoms with E-state index in [0.717, 1.165) is 39.1 Å². The highest BCUT2D eigenvalue weighted by molar-refractivity contribution is 7.99. The molecule has 0 aliphatic heterocycles. The molecule has 35 heavy (non-hydrogen) atoms. The number of nitrogens with zero attached hydrogens (tertiary/aromatic N) is 3. The topological polar surface area (TPSA) is 70.8 Å². The lowest BCUT2D eigenvalue weighted by Gasteiger charge is -2.27. The Morgan fingerprint density at radius 3 is 2.46 bits per heavy atom. The van der Waals surface area contributed by atoms with Gasteiger partial charge in [-0.05, 0) is 46.5 Å². The Morgan fingerprint density at radius 2 is 1.77 bits per heavy atom. The van der Waals surface area contributed by atoms with Crippen LogP contribution in [-0.2, 0) is 5.41 Å². The van der Waals surface area contributed by atoms with E-state index in [-0.39, 0.29) is 12.0 Å². The molecular weight excluding hydrogens is 499 g/mol. The van der Waals surface area contributed by atoms with Crippen LogP contribution in [0.5, 0.6) is 5.75 Å². The monoisotopic (exact) mass is 522 g/mol. The molecule has 4 aromatic rings. The first-order valence-electron chi connectivity index (χ1n) is 11.0. The van der Waals surface area contributed by atoms with Gasteiger partial charge in [0.15, 0.2) is 11.6 Å². The first-order valence-corrected chi connectivity index (χ1v) is 13.1. The predicted molar refractivity (Wildman–Crippen MR) is 147 cm³/mol. The Hall–Kier alpha value is -2.98. The molecule has 1 N–H and O–H groups in total. The molecule has 1 heterocycles. The summed E-state index contributed by atoms with van der Waals surface area (Å²) in [6.07, 6.45) is 3.68. The van der Waals surface area contributed by atoms with Crippen LogP contribution in [0.1, 0.15) is 30.5 Å². The van der Waals surface area contributed by atoms with Gasteiger partial charge in [-0.1, -0.05) is 67.7 Å². The van der Waals surface area contributed by atoms with Crippen LogP contribution in [0.2, 0.25) is 5.02 Å². The molecule has 3 aromatic carbocycles. The van der Waals surface area contributed by atoms with Gasteiger partial charge in [-0.2, -0.15) is 5.26 Å². The molecule has 5 nitrogen and oxygen atoms in total. The number of nitrogens with one attached hydrogen (secondary N) is 1. The zero-order valence-electron chi connectivity index (χ0n) is 19.6. The number of benzene rings is 3. The second-order valence-electron chi connectivity index (χ2n) is 8.45. The molecule has 0 aliphatic rings. The third-order valence-electron chi connectivity index (χ3n) is 5.90. The van der Waals surface area contributed by atoms with Crippen molar-refractivity contribution in [3.63, 3.8) is 0 Å². The molecule has 8 heteroatoms. The number of nitriles is 1. The fourth-order valence-electron chi connectivity index (χ4n) is 3.91. The van der Waals surface area contributed by atoms with Gasteiger partial charge >= 0.3 is 0 Å². The van der Waals surface area contributed by atoms with Gasteiger partial charge in [0.2, 0.25) is 0 Å². The van der Waals surface area contributed by atoms with Gasteiger partial charge in [0.1, 0.15) is 12.7 Å². The lowest BCUT2D eigenvalue weighted by atomic mass is 9.77. The van der Waals surface area contributed by atoms with Crippen LogP contribution in [0.15, 0.2) is 60.8 Å². The maximum Gasteiger partial charge on any atom is 0.155 e. The molecular formula is C27H24Cl2N4OS. The second kappa shape index (κ2) is 10.7. The number of ether oxygens (including phenoxy) is 1. The Labute approximate surface area is 219 Å². The molecule has 0 amide bonds. The highest BCUT2D eigenvalue weighted by Crippen LogP contribution is 2.39. The average molecular weight is 523 g/mol. The van der Waals surface area contributed by atoms with E-state index in [1.54, 1.807) is 6.20 Å². The van der Waals surface area contributed by atoms with Crippen molar-refractivity contribution in [1.29, 1.82) is 5.26 Å². The quantitative estimate of drug-likeness (QED) is 0.191. The third kappa shape index (κ3) is 5.33. The number of hydrogen-bond acceptors (Lipinski definition) is 6. The normalized spacial score (nSPS) is 11.3. The molecule has 0 spiro atoms. The Bertz CT molecular complexity index is 1400. The molecule has 0 aliphatic carbocycles. The summed E-state index contributed by atoms with van der Waals surface area (Å²) in [4.78, 5) is 9.12. The molecule has 0 unspecified atom stereocenters. The van der Waals surface area contributed by atoms with Gasteiger partial charge in [0.05, 0.1) is 33.7 Å². The lowest BCUT2D eigenvalue weighted by Crippen LogP contribution is -2.19. The van der Waals surface area contributed by atoms with E-state index in [0.29, 0.717) is 22.2 Å². The molecule has 1 aromatic heterocycles. The highest BCUT2D eigenvalue weighted by Gasteiger charge is 2.26. The van der Waals surface area contributed by atoms with Crippen LogP contribution in [0, 0.1) is 11.3 Å². The summed E-state index contributed by atoms with van der Waals surface area (Å²) in [6.45, 7) is 4.51. The van der Waals surface area contributed by atoms with Crippen molar-refractivity contribution in [2.45, 2.75) is 19.3 Å². The summed E-state index contributed by atoms with van der Waals surface area (Å²) in [6, 6.07) is 20.4. The van der Waals surface area contributed by atoms with Crippen LogP contribution in [0.25, 0.3) is 22.2 Å². The molecule has 0 bridgehead atoms. The number of anilines is 1. The Kier molecular flexibility index (Phi) is 7.71. The fourth-order valence-corrected chi connectivity index (χ4v) is 4.57. The zero-order valence-corrected chi connectivity index (χ0v) is 21.9. The summed E-state index contributed by atoms with van der Waals surface area (Å²) in [5, 5.41) is 10.1. The average Bonchev–Trinajstić information content (AvgIpc) is 2.87. The Balaban J connectivity index is 1.63. The fraction of sp³-hybridized carbons (Fsp3) is 0.222. The molecule has 0 fully saturated rings. The van der Waals surface area contributed by atoms with E-state index in [1.807, 2.05) is 30.5 Å². The number of aromatic nitrogens is 2. The number of rotatable bonds is 8. The van der Waals surface area contributed by atoms with Gasteiger partial charge in [-0.15, -0.1) is 11.6 Å². The van der Waals surface area contributed by atoms with Crippen LogP contribution in [-0.4, -0.2) is 28.7 Å². The first kappa shape index (κ1) is 25.1. The van der Waals surface area contributed by atoms with E-state index in [2.05, 4.69) is 64.9 Å². The van der Waals surface area contributed by atoms with Crippen molar-refractivity contribution in [3.05, 3.63) is 82.5 Å². The zero-order chi connectivity index (χ0) is 25.0. The molecule has 4 rings (SSSR count). The summed E-state index contributed by atoms with van der Waals surface area (Å²) in [7, 11) is 0. The van der Waals surface area contributed by atoms with Crippen molar-refractivity contribution < 1.29 is 4.74 Å². The van der Waals surface area contributed by atoms with Crippen LogP contribution in [0.3, 0.4) is 0 Å². The highest BCUT2D eigenvalue weighted by atomic mass is 35.5. The predicted octanol–water partition coefficient (Wildman–Crippen LogP) is 7.46. The van der Waals surface area contributed by atoms with E-state index >= 15 is 0 Å². The molecule has 178 valence electrons. The van der Waals surface area contributed by atoms with E-state index in [9.17, 15) is 5.26 Å². The van der Waals surface area contributed by atoms with Gasteiger partial charge in [0, 0.05) is 11.7 Å². The molecule has 0 radical (unpaired) electrons. The van der Waals surface area contributed by atoms with Gasteiger partial charge in [-0.25, -0.2) is 4.98 Å². The van der Waals surface area contributed by atoms with Crippen molar-refractivity contribution in [1.82, 2.24) is 9.97 Å². The van der Waals surface area contributed by atoms with Gasteiger partial charge < -0.3 is 9.46 Å². The minimum atomic E-state index is -0.381. The summed E-state index contributed by atoms with van der Waals surface area (Å²) in [5.74, 6) is 1.43. The van der Waals surface area contributed by atoms with Crippen molar-refractivity contribution in [3.8, 4) is 22.9 Å². The first-order chi connectivity index (χ1) is 16.9. The van der Waals surface area contributed by atoms with Crippen LogP contribution >= 0.6 is 35.1 Å². The maximum absolute atomic E-state index is 9.65. The summed E-state index contributed by atoms with van der Waals surface area (Å²) in [5.41, 5.74) is 5.88. The van der Waals surface area contributed by atoms with Crippen LogP contribution in [0.4, 0.5) is 5.82 Å². The SMILES string of the molecule is CSNc1cnc2cc(-c3ccc(C(C)(C)c4cc(Cl)c(OCCCl)c(C#N)c4)cc3)ccc2n1. The smallest absolute Gasteiger partial charge is 0.155 e. The van der Waals surface area contributed by atoms with Crippen molar-refractivity contribution >= 4 is 52.0 Å². The molecule has 0 saturated heterocycles. The number of fused-ring (bicyclic) bond motifs is 1. The second-order valence-corrected chi connectivity index (χ2v) is 9.85. The number of alkyl halides is 1. The molecule has 0 saturated carbocycles. The third-order valence-corrected chi connectivity index (χ3v) is 6.75. The number of halogens is 2. The van der Waals surface area contributed by atoms with E-state index in [1.165, 1.54) is 11.9 Å². The largest absolute Gasteiger partial charge is 0.489 e. The maximum atomic E-state index is 9.65. The standard InChI is InChI=1S/C27H24Cl2N4OS/c1-27(2,21-12-19(15-30)26(22(29)14-21)34-11-10-28)20-7-4-17(5-8-20)18-6-9-23-24(13-18)31-16-25(32-23)33-35-3/h4-9,12-14,16H,10-11H2,1-3H3,(H,32,33). The van der Waals surface area contributed by atoms with Crippen LogP contribution < -0.4 is 9.46 Å². The van der Waals surface area contributed by atoms with E-state index in [4.69, 9.17) is 27.9 Å². The van der Waals surface area contributed by atoms with Gasteiger partial charge in [0.25, 0.3) is 0 Å². The Morgan fingerprint density at radius 1 is 1.03 bits per heavy atom. The minimum Gasteiger partial charge on any atom is -0.489 e. The summed E-state index contributed by atoms with van der Waals surface area (Å²) >= 11 is 13.7. The van der Waals surface area contributed by atoms with E-state index < -0.39 is 0 Å². The molecule has 0 atom stereocenters. The lowest BCUT2D eigenvalue weighted by molar-refractivity contribution is 0.341. The summed E-state index contributed by atoms with van der Waals surface area (Å²) < 4.78 is 8.70. The van der Waals surface area contributed by atoms with Crippen molar-refractivity contribution in [2.75, 3.05) is 23.5 Å². The van der Waals surface area contributed by atoms with Gasteiger partial charge in [-0.3, -0.25) is 4.98 Å².